The van der Waals surface area contributed by atoms with Gasteiger partial charge in [0.1, 0.15) is 0 Å². The number of ether oxygens (including phenoxy) is 1. The standard InChI is InChI=1S/C14H17BrN2O4/c1-16(9-10-4-6-21-7-5-10)14(18)11-2-3-12(15)13(8-11)17(19)20/h2-3,8,10H,4-7,9H2,1H3. The molecule has 114 valence electrons. The van der Waals surface area contributed by atoms with Crippen LogP contribution in [0.1, 0.15) is 23.2 Å². The van der Waals surface area contributed by atoms with Gasteiger partial charge in [0.25, 0.3) is 11.6 Å². The smallest absolute Gasteiger partial charge is 0.284 e. The lowest BCUT2D eigenvalue weighted by molar-refractivity contribution is -0.385. The molecule has 0 N–H and O–H groups in total. The molecular weight excluding hydrogens is 340 g/mol. The summed E-state index contributed by atoms with van der Waals surface area (Å²) in [5.41, 5.74) is 0.236. The molecule has 0 bridgehead atoms. The molecule has 0 unspecified atom stereocenters. The first-order valence-electron chi connectivity index (χ1n) is 6.76. The first kappa shape index (κ1) is 15.9. The Morgan fingerprint density at radius 1 is 1.48 bits per heavy atom. The van der Waals surface area contributed by atoms with Crippen molar-refractivity contribution in [3.63, 3.8) is 0 Å². The lowest BCUT2D eigenvalue weighted by atomic mass is 9.99. The summed E-state index contributed by atoms with van der Waals surface area (Å²) < 4.78 is 5.67. The lowest BCUT2D eigenvalue weighted by Crippen LogP contribution is -2.34. The van der Waals surface area contributed by atoms with E-state index >= 15 is 0 Å². The SMILES string of the molecule is CN(CC1CCOCC1)C(=O)c1ccc(Br)c([N+](=O)[O-])c1. The molecule has 1 saturated heterocycles. The summed E-state index contributed by atoms with van der Waals surface area (Å²) in [6.07, 6.45) is 1.89. The van der Waals surface area contributed by atoms with Crippen molar-refractivity contribution < 1.29 is 14.5 Å². The number of hydrogen-bond acceptors (Lipinski definition) is 4. The van der Waals surface area contributed by atoms with Crippen LogP contribution >= 0.6 is 15.9 Å². The monoisotopic (exact) mass is 356 g/mol. The Balaban J connectivity index is 2.08. The second-order valence-electron chi connectivity index (χ2n) is 5.16. The summed E-state index contributed by atoms with van der Waals surface area (Å²) >= 11 is 3.12. The van der Waals surface area contributed by atoms with Crippen molar-refractivity contribution in [3.8, 4) is 0 Å². The predicted molar refractivity (Wildman–Crippen MR) is 81.3 cm³/mol. The zero-order valence-corrected chi connectivity index (χ0v) is 13.3. The van der Waals surface area contributed by atoms with Crippen molar-refractivity contribution in [2.24, 2.45) is 5.92 Å². The van der Waals surface area contributed by atoms with E-state index in [4.69, 9.17) is 4.74 Å². The van der Waals surface area contributed by atoms with Crippen LogP contribution in [0.3, 0.4) is 0 Å². The van der Waals surface area contributed by atoms with Crippen LogP contribution in [0.25, 0.3) is 0 Å². The first-order chi connectivity index (χ1) is 9.99. The van der Waals surface area contributed by atoms with Gasteiger partial charge in [0, 0.05) is 38.4 Å². The highest BCUT2D eigenvalue weighted by Gasteiger charge is 2.21. The van der Waals surface area contributed by atoms with Crippen LogP contribution in [0.5, 0.6) is 0 Å². The van der Waals surface area contributed by atoms with Crippen LogP contribution < -0.4 is 0 Å². The zero-order valence-electron chi connectivity index (χ0n) is 11.8. The summed E-state index contributed by atoms with van der Waals surface area (Å²) in [6, 6.07) is 4.44. The molecule has 1 heterocycles. The van der Waals surface area contributed by atoms with E-state index < -0.39 is 4.92 Å². The Bertz CT molecular complexity index is 544. The summed E-state index contributed by atoms with van der Waals surface area (Å²) in [5.74, 6) is 0.232. The Hall–Kier alpha value is -1.47. The summed E-state index contributed by atoms with van der Waals surface area (Å²) in [6.45, 7) is 2.11. The van der Waals surface area contributed by atoms with Gasteiger partial charge in [-0.1, -0.05) is 0 Å². The van der Waals surface area contributed by atoms with Crippen molar-refractivity contribution in [2.45, 2.75) is 12.8 Å². The van der Waals surface area contributed by atoms with Crippen molar-refractivity contribution >= 4 is 27.5 Å². The van der Waals surface area contributed by atoms with E-state index in [1.165, 1.54) is 12.1 Å². The second-order valence-corrected chi connectivity index (χ2v) is 6.02. The highest BCUT2D eigenvalue weighted by atomic mass is 79.9. The third-order valence-electron chi connectivity index (χ3n) is 3.61. The lowest BCUT2D eigenvalue weighted by Gasteiger charge is -2.27. The van der Waals surface area contributed by atoms with Gasteiger partial charge < -0.3 is 9.64 Å². The second kappa shape index (κ2) is 7.00. The minimum atomic E-state index is -0.501. The molecule has 1 aliphatic heterocycles. The molecule has 21 heavy (non-hydrogen) atoms. The van der Waals surface area contributed by atoms with Gasteiger partial charge in [-0.15, -0.1) is 0 Å². The minimum Gasteiger partial charge on any atom is -0.381 e. The Labute approximate surface area is 131 Å². The van der Waals surface area contributed by atoms with Crippen LogP contribution in [0.15, 0.2) is 22.7 Å². The largest absolute Gasteiger partial charge is 0.381 e. The summed E-state index contributed by atoms with van der Waals surface area (Å²) in [4.78, 5) is 24.4. The highest BCUT2D eigenvalue weighted by Crippen LogP contribution is 2.26. The number of halogens is 1. The van der Waals surface area contributed by atoms with Crippen LogP contribution in [-0.2, 0) is 4.74 Å². The van der Waals surface area contributed by atoms with Crippen molar-refractivity contribution in [1.29, 1.82) is 0 Å². The molecule has 0 radical (unpaired) electrons. The fraction of sp³-hybridized carbons (Fsp3) is 0.500. The molecule has 1 fully saturated rings. The number of nitro groups is 1. The van der Waals surface area contributed by atoms with E-state index in [9.17, 15) is 14.9 Å². The highest BCUT2D eigenvalue weighted by molar-refractivity contribution is 9.10. The molecule has 0 aromatic heterocycles. The number of hydrogen-bond donors (Lipinski definition) is 0. The molecule has 0 saturated carbocycles. The minimum absolute atomic E-state index is 0.0969. The average molecular weight is 357 g/mol. The maximum atomic E-state index is 12.4. The van der Waals surface area contributed by atoms with E-state index in [2.05, 4.69) is 15.9 Å². The van der Waals surface area contributed by atoms with Gasteiger partial charge >= 0.3 is 0 Å². The van der Waals surface area contributed by atoms with Crippen LogP contribution in [0.4, 0.5) is 5.69 Å². The normalized spacial score (nSPS) is 15.7. The van der Waals surface area contributed by atoms with Crippen LogP contribution in [-0.4, -0.2) is 42.5 Å². The fourth-order valence-electron chi connectivity index (χ4n) is 2.41. The van der Waals surface area contributed by atoms with E-state index in [0.717, 1.165) is 26.1 Å². The Kier molecular flexibility index (Phi) is 5.30. The number of amides is 1. The van der Waals surface area contributed by atoms with Crippen molar-refractivity contribution in [2.75, 3.05) is 26.8 Å². The van der Waals surface area contributed by atoms with Crippen LogP contribution in [0, 0.1) is 16.0 Å². The Morgan fingerprint density at radius 3 is 2.76 bits per heavy atom. The third kappa shape index (κ3) is 4.01. The van der Waals surface area contributed by atoms with E-state index in [1.54, 1.807) is 18.0 Å². The van der Waals surface area contributed by atoms with E-state index in [1.807, 2.05) is 0 Å². The third-order valence-corrected chi connectivity index (χ3v) is 4.28. The topological polar surface area (TPSA) is 72.7 Å². The molecule has 1 aromatic rings. The molecule has 2 rings (SSSR count). The molecule has 0 atom stereocenters. The Morgan fingerprint density at radius 2 is 2.14 bits per heavy atom. The first-order valence-corrected chi connectivity index (χ1v) is 7.55. The quantitative estimate of drug-likeness (QED) is 0.614. The maximum absolute atomic E-state index is 12.4. The molecule has 0 spiro atoms. The van der Waals surface area contributed by atoms with Gasteiger partial charge in [-0.3, -0.25) is 14.9 Å². The zero-order chi connectivity index (χ0) is 15.4. The number of rotatable bonds is 4. The van der Waals surface area contributed by atoms with Crippen molar-refractivity contribution in [3.05, 3.63) is 38.3 Å². The molecule has 1 aromatic carbocycles. The van der Waals surface area contributed by atoms with Gasteiger partial charge in [-0.25, -0.2) is 0 Å². The average Bonchev–Trinajstić information content (AvgIpc) is 2.47. The van der Waals surface area contributed by atoms with Crippen LogP contribution in [0.2, 0.25) is 0 Å². The number of benzene rings is 1. The number of nitrogens with zero attached hydrogens (tertiary/aromatic N) is 2. The van der Waals surface area contributed by atoms with Gasteiger partial charge in [-0.05, 0) is 46.8 Å². The molecule has 0 aliphatic carbocycles. The molecule has 1 aliphatic rings. The molecule has 7 heteroatoms. The van der Waals surface area contributed by atoms with Gasteiger partial charge in [0.2, 0.25) is 0 Å². The van der Waals surface area contributed by atoms with Gasteiger partial charge in [0.15, 0.2) is 0 Å². The van der Waals surface area contributed by atoms with Crippen molar-refractivity contribution in [1.82, 2.24) is 4.90 Å². The summed E-state index contributed by atoms with van der Waals surface area (Å²) in [7, 11) is 1.73. The summed E-state index contributed by atoms with van der Waals surface area (Å²) in [5, 5.41) is 10.9. The van der Waals surface area contributed by atoms with Gasteiger partial charge in [0.05, 0.1) is 9.40 Å². The fourth-order valence-corrected chi connectivity index (χ4v) is 2.80. The number of nitro benzene ring substituents is 1. The molecule has 1 amide bonds. The van der Waals surface area contributed by atoms with E-state index in [0.29, 0.717) is 22.5 Å². The molecule has 6 nitrogen and oxygen atoms in total. The predicted octanol–water partition coefficient (Wildman–Crippen LogP) is 2.86. The van der Waals surface area contributed by atoms with Gasteiger partial charge in [-0.2, -0.15) is 0 Å². The molecular formula is C14H17BrN2O4. The number of carbonyl (C=O) groups excluding carboxylic acids is 1. The number of carbonyl (C=O) groups is 1. The van der Waals surface area contributed by atoms with E-state index in [-0.39, 0.29) is 11.6 Å². The maximum Gasteiger partial charge on any atom is 0.284 e.